The van der Waals surface area contributed by atoms with Crippen LogP contribution in [0.4, 0.5) is 0 Å². The minimum atomic E-state index is -0.181. The highest BCUT2D eigenvalue weighted by Crippen LogP contribution is 2.09. The average Bonchev–Trinajstić information content (AvgIpc) is 3.00. The zero-order chi connectivity index (χ0) is 15.1. The van der Waals surface area contributed by atoms with Crippen molar-refractivity contribution in [3.05, 3.63) is 48.3 Å². The number of carbonyl (C=O) groups is 2. The summed E-state index contributed by atoms with van der Waals surface area (Å²) in [6.07, 6.45) is 3.82. The third-order valence-electron chi connectivity index (χ3n) is 2.89. The smallest absolute Gasteiger partial charge is 0.239 e. The molecule has 0 unspecified atom stereocenters. The van der Waals surface area contributed by atoms with Gasteiger partial charge < -0.3 is 10.6 Å². The molecule has 1 aromatic heterocycles. The fourth-order valence-corrected chi connectivity index (χ4v) is 1.87. The second-order valence-electron chi connectivity index (χ2n) is 4.52. The van der Waals surface area contributed by atoms with Crippen LogP contribution in [0.3, 0.4) is 0 Å². The maximum atomic E-state index is 11.7. The van der Waals surface area contributed by atoms with Crippen molar-refractivity contribution in [2.45, 2.75) is 13.3 Å². The van der Waals surface area contributed by atoms with Crippen LogP contribution >= 0.6 is 0 Å². The lowest BCUT2D eigenvalue weighted by Gasteiger charge is -2.06. The van der Waals surface area contributed by atoms with E-state index in [4.69, 9.17) is 0 Å². The molecule has 0 aliphatic heterocycles. The van der Waals surface area contributed by atoms with E-state index < -0.39 is 0 Å². The predicted molar refractivity (Wildman–Crippen MR) is 79.0 cm³/mol. The Labute approximate surface area is 123 Å². The average molecular weight is 286 g/mol. The lowest BCUT2D eigenvalue weighted by molar-refractivity contribution is -0.125. The van der Waals surface area contributed by atoms with Crippen LogP contribution in [0.5, 0.6) is 0 Å². The molecule has 0 radical (unpaired) electrons. The number of nitrogens with zero attached hydrogens (tertiary/aromatic N) is 2. The molecule has 2 N–H and O–H groups in total. The second-order valence-corrected chi connectivity index (χ2v) is 4.52. The lowest BCUT2D eigenvalue weighted by atomic mass is 10.1. The SMILES string of the molecule is CCNC(=O)CNC(=O)Cc1ccc(-n2cccn2)cc1. The van der Waals surface area contributed by atoms with E-state index in [1.807, 2.05) is 43.5 Å². The molecular weight excluding hydrogens is 268 g/mol. The Morgan fingerprint density at radius 1 is 1.14 bits per heavy atom. The Morgan fingerprint density at radius 3 is 2.52 bits per heavy atom. The summed E-state index contributed by atoms with van der Waals surface area (Å²) in [7, 11) is 0. The monoisotopic (exact) mass is 286 g/mol. The zero-order valence-corrected chi connectivity index (χ0v) is 11.9. The topological polar surface area (TPSA) is 76.0 Å². The number of likely N-dealkylation sites (N-methyl/N-ethyl adjacent to an activating group) is 1. The van der Waals surface area contributed by atoms with Crippen molar-refractivity contribution in [1.29, 1.82) is 0 Å². The standard InChI is InChI=1S/C15H18N4O2/c1-2-16-15(21)11-17-14(20)10-12-4-6-13(7-5-12)19-9-3-8-18-19/h3-9H,2,10-11H2,1H3,(H,16,21)(H,17,20). The Kier molecular flexibility index (Phi) is 5.09. The van der Waals surface area contributed by atoms with Crippen LogP contribution in [-0.4, -0.2) is 34.7 Å². The first-order valence-corrected chi connectivity index (χ1v) is 6.81. The molecule has 6 heteroatoms. The highest BCUT2D eigenvalue weighted by molar-refractivity contribution is 5.85. The number of hydrogen-bond donors (Lipinski definition) is 2. The van der Waals surface area contributed by atoms with Gasteiger partial charge in [0.2, 0.25) is 11.8 Å². The molecule has 2 rings (SSSR count). The first kappa shape index (κ1) is 14.8. The fraction of sp³-hybridized carbons (Fsp3) is 0.267. The number of amides is 2. The molecule has 0 saturated heterocycles. The van der Waals surface area contributed by atoms with E-state index in [0.717, 1.165) is 11.3 Å². The molecule has 21 heavy (non-hydrogen) atoms. The van der Waals surface area contributed by atoms with Gasteiger partial charge in [0.25, 0.3) is 0 Å². The minimum Gasteiger partial charge on any atom is -0.355 e. The molecule has 0 aliphatic rings. The highest BCUT2D eigenvalue weighted by atomic mass is 16.2. The third kappa shape index (κ3) is 4.45. The number of aromatic nitrogens is 2. The number of carbonyl (C=O) groups excluding carboxylic acids is 2. The second kappa shape index (κ2) is 7.23. The molecule has 1 aromatic carbocycles. The van der Waals surface area contributed by atoms with E-state index in [-0.39, 0.29) is 24.8 Å². The van der Waals surface area contributed by atoms with Crippen LogP contribution in [0, 0.1) is 0 Å². The quantitative estimate of drug-likeness (QED) is 0.819. The van der Waals surface area contributed by atoms with Gasteiger partial charge in [-0.1, -0.05) is 12.1 Å². The molecule has 0 fully saturated rings. The number of benzene rings is 1. The van der Waals surface area contributed by atoms with Crippen LogP contribution in [0.1, 0.15) is 12.5 Å². The summed E-state index contributed by atoms with van der Waals surface area (Å²) >= 11 is 0. The van der Waals surface area contributed by atoms with Gasteiger partial charge in [0.15, 0.2) is 0 Å². The van der Waals surface area contributed by atoms with Crippen molar-refractivity contribution in [1.82, 2.24) is 20.4 Å². The number of nitrogens with one attached hydrogen (secondary N) is 2. The van der Waals surface area contributed by atoms with Crippen LogP contribution in [0.25, 0.3) is 5.69 Å². The summed E-state index contributed by atoms with van der Waals surface area (Å²) < 4.78 is 1.75. The molecule has 1 heterocycles. The van der Waals surface area contributed by atoms with E-state index in [1.165, 1.54) is 0 Å². The maximum Gasteiger partial charge on any atom is 0.239 e. The first-order valence-electron chi connectivity index (χ1n) is 6.81. The van der Waals surface area contributed by atoms with Gasteiger partial charge in [-0.25, -0.2) is 4.68 Å². The summed E-state index contributed by atoms with van der Waals surface area (Å²) in [5.41, 5.74) is 1.82. The first-order chi connectivity index (χ1) is 10.2. The predicted octanol–water partition coefficient (Wildman–Crippen LogP) is 0.667. The minimum absolute atomic E-state index is 0.0119. The van der Waals surface area contributed by atoms with E-state index in [9.17, 15) is 9.59 Å². The molecule has 6 nitrogen and oxygen atoms in total. The Morgan fingerprint density at radius 2 is 1.90 bits per heavy atom. The summed E-state index contributed by atoms with van der Waals surface area (Å²) in [5.74, 6) is -0.354. The van der Waals surface area contributed by atoms with Gasteiger partial charge in [-0.15, -0.1) is 0 Å². The van der Waals surface area contributed by atoms with E-state index in [1.54, 1.807) is 10.9 Å². The summed E-state index contributed by atoms with van der Waals surface area (Å²) in [6, 6.07) is 9.41. The van der Waals surface area contributed by atoms with Crippen molar-refractivity contribution < 1.29 is 9.59 Å². The fourth-order valence-electron chi connectivity index (χ4n) is 1.87. The third-order valence-corrected chi connectivity index (χ3v) is 2.89. The highest BCUT2D eigenvalue weighted by Gasteiger charge is 2.06. The van der Waals surface area contributed by atoms with Crippen LogP contribution in [0.15, 0.2) is 42.7 Å². The van der Waals surface area contributed by atoms with Crippen molar-refractivity contribution in [3.8, 4) is 5.69 Å². The number of rotatable bonds is 6. The molecule has 110 valence electrons. The molecule has 0 saturated carbocycles. The molecule has 0 bridgehead atoms. The van der Waals surface area contributed by atoms with Crippen molar-refractivity contribution >= 4 is 11.8 Å². The lowest BCUT2D eigenvalue weighted by Crippen LogP contribution is -2.37. The zero-order valence-electron chi connectivity index (χ0n) is 11.9. The number of hydrogen-bond acceptors (Lipinski definition) is 3. The van der Waals surface area contributed by atoms with Crippen LogP contribution < -0.4 is 10.6 Å². The molecule has 0 atom stereocenters. The summed E-state index contributed by atoms with van der Waals surface area (Å²) in [4.78, 5) is 23.0. The van der Waals surface area contributed by atoms with Gasteiger partial charge in [-0.05, 0) is 30.7 Å². The van der Waals surface area contributed by atoms with Crippen LogP contribution in [-0.2, 0) is 16.0 Å². The summed E-state index contributed by atoms with van der Waals surface area (Å²) in [5, 5.41) is 9.35. The molecule has 0 spiro atoms. The molecule has 0 aliphatic carbocycles. The Hall–Kier alpha value is -2.63. The van der Waals surface area contributed by atoms with Crippen molar-refractivity contribution in [3.63, 3.8) is 0 Å². The molecule has 2 amide bonds. The van der Waals surface area contributed by atoms with Gasteiger partial charge in [0.05, 0.1) is 18.7 Å². The van der Waals surface area contributed by atoms with Crippen LogP contribution in [0.2, 0.25) is 0 Å². The van der Waals surface area contributed by atoms with E-state index in [2.05, 4.69) is 15.7 Å². The Balaban J connectivity index is 1.85. The van der Waals surface area contributed by atoms with Crippen molar-refractivity contribution in [2.75, 3.05) is 13.1 Å². The summed E-state index contributed by atoms with van der Waals surface area (Å²) in [6.45, 7) is 2.41. The van der Waals surface area contributed by atoms with E-state index in [0.29, 0.717) is 6.54 Å². The van der Waals surface area contributed by atoms with E-state index >= 15 is 0 Å². The van der Waals surface area contributed by atoms with Gasteiger partial charge >= 0.3 is 0 Å². The van der Waals surface area contributed by atoms with Crippen molar-refractivity contribution in [2.24, 2.45) is 0 Å². The Bertz CT molecular complexity index is 591. The maximum absolute atomic E-state index is 11.7. The largest absolute Gasteiger partial charge is 0.355 e. The van der Waals surface area contributed by atoms with Gasteiger partial charge in [0.1, 0.15) is 0 Å². The van der Waals surface area contributed by atoms with Gasteiger partial charge in [0, 0.05) is 18.9 Å². The molecule has 2 aromatic rings. The van der Waals surface area contributed by atoms with Gasteiger partial charge in [-0.3, -0.25) is 9.59 Å². The normalized spacial score (nSPS) is 10.1. The van der Waals surface area contributed by atoms with Gasteiger partial charge in [-0.2, -0.15) is 5.10 Å². The molecular formula is C15H18N4O2.